The van der Waals surface area contributed by atoms with Crippen LogP contribution in [0, 0.1) is 0 Å². The molecule has 4 nitrogen and oxygen atoms in total. The van der Waals surface area contributed by atoms with Crippen molar-refractivity contribution in [2.45, 2.75) is 6.42 Å². The highest BCUT2D eigenvalue weighted by molar-refractivity contribution is 7.18. The summed E-state index contributed by atoms with van der Waals surface area (Å²) in [4.78, 5) is 15.8. The Bertz CT molecular complexity index is 599. The molecule has 1 aromatic heterocycles. The summed E-state index contributed by atoms with van der Waals surface area (Å²) in [5, 5.41) is 4.61. The molecule has 1 heterocycles. The summed E-state index contributed by atoms with van der Waals surface area (Å²) in [5.74, 6) is -0.474. The fraction of sp³-hybridized carbons (Fsp3) is 0.231. The standard InChI is InChI=1S/C13H12Cl2N2O2S/c1-19-12(18)10-11(15)17-13(20-10)16-7-6-8-2-4-9(14)5-3-8/h2-5H,6-7H2,1H3,(H,16,17). The van der Waals surface area contributed by atoms with Gasteiger partial charge in [0.2, 0.25) is 0 Å². The Kier molecular flexibility index (Phi) is 5.23. The lowest BCUT2D eigenvalue weighted by atomic mass is 10.1. The molecule has 7 heteroatoms. The molecule has 0 spiro atoms. The van der Waals surface area contributed by atoms with Crippen molar-refractivity contribution < 1.29 is 9.53 Å². The van der Waals surface area contributed by atoms with Crippen LogP contribution in [0.1, 0.15) is 15.2 Å². The first kappa shape index (κ1) is 15.1. The maximum absolute atomic E-state index is 11.4. The molecule has 0 bridgehead atoms. The zero-order valence-electron chi connectivity index (χ0n) is 10.7. The molecule has 0 aliphatic carbocycles. The highest BCUT2D eigenvalue weighted by Gasteiger charge is 2.16. The number of carbonyl (C=O) groups excluding carboxylic acids is 1. The Morgan fingerprint density at radius 3 is 2.70 bits per heavy atom. The second-order valence-electron chi connectivity index (χ2n) is 3.93. The van der Waals surface area contributed by atoms with E-state index in [1.165, 1.54) is 18.4 Å². The normalized spacial score (nSPS) is 10.3. The van der Waals surface area contributed by atoms with Crippen LogP contribution in [0.25, 0.3) is 0 Å². The number of aromatic nitrogens is 1. The predicted molar refractivity (Wildman–Crippen MR) is 82.1 cm³/mol. The molecule has 0 fully saturated rings. The molecule has 2 aromatic rings. The summed E-state index contributed by atoms with van der Waals surface area (Å²) in [7, 11) is 1.31. The van der Waals surface area contributed by atoms with Crippen molar-refractivity contribution in [3.63, 3.8) is 0 Å². The maximum Gasteiger partial charge on any atom is 0.351 e. The number of rotatable bonds is 5. The second kappa shape index (κ2) is 6.92. The van der Waals surface area contributed by atoms with Gasteiger partial charge in [-0.15, -0.1) is 0 Å². The van der Waals surface area contributed by atoms with Gasteiger partial charge in [-0.25, -0.2) is 9.78 Å². The van der Waals surface area contributed by atoms with Crippen LogP contribution in [0.4, 0.5) is 5.13 Å². The number of nitrogens with zero attached hydrogens (tertiary/aromatic N) is 1. The molecule has 1 aromatic carbocycles. The number of ether oxygens (including phenoxy) is 1. The zero-order chi connectivity index (χ0) is 14.5. The SMILES string of the molecule is COC(=O)c1sc(NCCc2ccc(Cl)cc2)nc1Cl. The lowest BCUT2D eigenvalue weighted by Gasteiger charge is -2.02. The number of anilines is 1. The van der Waals surface area contributed by atoms with Crippen LogP contribution in [-0.4, -0.2) is 24.6 Å². The van der Waals surface area contributed by atoms with Crippen molar-refractivity contribution in [1.82, 2.24) is 4.98 Å². The lowest BCUT2D eigenvalue weighted by molar-refractivity contribution is 0.0606. The lowest BCUT2D eigenvalue weighted by Crippen LogP contribution is -2.04. The molecular weight excluding hydrogens is 319 g/mol. The van der Waals surface area contributed by atoms with Crippen molar-refractivity contribution in [2.75, 3.05) is 19.0 Å². The van der Waals surface area contributed by atoms with E-state index in [4.69, 9.17) is 23.2 Å². The number of esters is 1. The molecule has 0 amide bonds. The van der Waals surface area contributed by atoms with E-state index in [0.717, 1.165) is 17.0 Å². The maximum atomic E-state index is 11.4. The predicted octanol–water partition coefficient (Wildman–Crippen LogP) is 3.89. The summed E-state index contributed by atoms with van der Waals surface area (Å²) in [5.41, 5.74) is 1.16. The number of hydrogen-bond acceptors (Lipinski definition) is 5. The summed E-state index contributed by atoms with van der Waals surface area (Å²) >= 11 is 12.9. The number of halogens is 2. The van der Waals surface area contributed by atoms with E-state index in [0.29, 0.717) is 16.6 Å². The number of methoxy groups -OCH3 is 1. The van der Waals surface area contributed by atoms with E-state index >= 15 is 0 Å². The van der Waals surface area contributed by atoms with Crippen molar-refractivity contribution in [2.24, 2.45) is 0 Å². The molecule has 2 rings (SSSR count). The van der Waals surface area contributed by atoms with Gasteiger partial charge < -0.3 is 10.1 Å². The smallest absolute Gasteiger partial charge is 0.351 e. The third-order valence-corrected chi connectivity index (χ3v) is 4.19. The molecular formula is C13H12Cl2N2O2S. The molecule has 0 saturated carbocycles. The Morgan fingerprint density at radius 2 is 2.05 bits per heavy atom. The average molecular weight is 331 g/mol. The molecule has 20 heavy (non-hydrogen) atoms. The largest absolute Gasteiger partial charge is 0.465 e. The minimum Gasteiger partial charge on any atom is -0.465 e. The van der Waals surface area contributed by atoms with Gasteiger partial charge in [-0.1, -0.05) is 46.7 Å². The fourth-order valence-corrected chi connectivity index (χ4v) is 2.82. The quantitative estimate of drug-likeness (QED) is 0.845. The van der Waals surface area contributed by atoms with Gasteiger partial charge >= 0.3 is 5.97 Å². The third kappa shape index (κ3) is 3.85. The summed E-state index contributed by atoms with van der Waals surface area (Å²) in [6.45, 7) is 0.687. The highest BCUT2D eigenvalue weighted by Crippen LogP contribution is 2.27. The van der Waals surface area contributed by atoms with Gasteiger partial charge in [-0.2, -0.15) is 0 Å². The Hall–Kier alpha value is -1.30. The first-order chi connectivity index (χ1) is 9.60. The van der Waals surface area contributed by atoms with Crippen molar-refractivity contribution >= 4 is 45.6 Å². The van der Waals surface area contributed by atoms with Crippen LogP contribution in [0.3, 0.4) is 0 Å². The zero-order valence-corrected chi connectivity index (χ0v) is 13.0. The van der Waals surface area contributed by atoms with Crippen LogP contribution in [0.15, 0.2) is 24.3 Å². The van der Waals surface area contributed by atoms with E-state index in [-0.39, 0.29) is 5.15 Å². The molecule has 0 radical (unpaired) electrons. The average Bonchev–Trinajstić information content (AvgIpc) is 2.81. The van der Waals surface area contributed by atoms with Gasteiger partial charge in [0.05, 0.1) is 7.11 Å². The number of thiazole rings is 1. The van der Waals surface area contributed by atoms with Crippen LogP contribution in [0.5, 0.6) is 0 Å². The second-order valence-corrected chi connectivity index (χ2v) is 5.73. The van der Waals surface area contributed by atoms with Gasteiger partial charge in [-0.05, 0) is 24.1 Å². The number of carbonyl (C=O) groups is 1. The highest BCUT2D eigenvalue weighted by atomic mass is 35.5. The van der Waals surface area contributed by atoms with Crippen molar-refractivity contribution in [3.8, 4) is 0 Å². The number of nitrogens with one attached hydrogen (secondary N) is 1. The Labute approximate surface area is 130 Å². The van der Waals surface area contributed by atoms with Crippen LogP contribution < -0.4 is 5.32 Å². The van der Waals surface area contributed by atoms with Crippen LogP contribution >= 0.6 is 34.5 Å². The summed E-state index contributed by atoms with van der Waals surface area (Å²) < 4.78 is 4.62. The van der Waals surface area contributed by atoms with Crippen LogP contribution in [-0.2, 0) is 11.2 Å². The summed E-state index contributed by atoms with van der Waals surface area (Å²) in [6, 6.07) is 7.65. The summed E-state index contributed by atoms with van der Waals surface area (Å²) in [6.07, 6.45) is 0.821. The van der Waals surface area contributed by atoms with E-state index in [9.17, 15) is 4.79 Å². The molecule has 0 aliphatic rings. The topological polar surface area (TPSA) is 51.2 Å². The Morgan fingerprint density at radius 1 is 1.35 bits per heavy atom. The minimum absolute atomic E-state index is 0.163. The van der Waals surface area contributed by atoms with Crippen molar-refractivity contribution in [3.05, 3.63) is 44.9 Å². The van der Waals surface area contributed by atoms with E-state index in [1.54, 1.807) is 0 Å². The monoisotopic (exact) mass is 330 g/mol. The molecule has 0 saturated heterocycles. The fourth-order valence-electron chi connectivity index (χ4n) is 1.56. The van der Waals surface area contributed by atoms with Gasteiger partial charge in [0.25, 0.3) is 0 Å². The Balaban J connectivity index is 1.91. The van der Waals surface area contributed by atoms with E-state index in [1.807, 2.05) is 24.3 Å². The number of benzene rings is 1. The first-order valence-corrected chi connectivity index (χ1v) is 7.40. The number of hydrogen-bond donors (Lipinski definition) is 1. The first-order valence-electron chi connectivity index (χ1n) is 5.83. The van der Waals surface area contributed by atoms with Gasteiger partial charge in [0.15, 0.2) is 15.2 Å². The van der Waals surface area contributed by atoms with E-state index < -0.39 is 5.97 Å². The third-order valence-electron chi connectivity index (χ3n) is 2.56. The van der Waals surface area contributed by atoms with Crippen molar-refractivity contribution in [1.29, 1.82) is 0 Å². The molecule has 0 unspecified atom stereocenters. The van der Waals surface area contributed by atoms with Crippen LogP contribution in [0.2, 0.25) is 10.2 Å². The minimum atomic E-state index is -0.474. The molecule has 1 N–H and O–H groups in total. The molecule has 106 valence electrons. The van der Waals surface area contributed by atoms with Gasteiger partial charge in [-0.3, -0.25) is 0 Å². The van der Waals surface area contributed by atoms with Gasteiger partial charge in [0.1, 0.15) is 0 Å². The molecule has 0 aliphatic heterocycles. The van der Waals surface area contributed by atoms with Gasteiger partial charge in [0, 0.05) is 11.6 Å². The molecule has 0 atom stereocenters. The van der Waals surface area contributed by atoms with E-state index in [2.05, 4.69) is 15.0 Å².